The van der Waals surface area contributed by atoms with Gasteiger partial charge in [-0.05, 0) is 36.7 Å². The maximum absolute atomic E-state index is 13.5. The minimum atomic E-state index is -0.165. The average Bonchev–Trinajstić information content (AvgIpc) is 2.70. The molecular formula is C21H26FN3O. The summed E-state index contributed by atoms with van der Waals surface area (Å²) in [6.07, 6.45) is 1.12. The van der Waals surface area contributed by atoms with Crippen LogP contribution in [0.3, 0.4) is 0 Å². The van der Waals surface area contributed by atoms with Gasteiger partial charge in [-0.2, -0.15) is 0 Å². The number of anilines is 1. The summed E-state index contributed by atoms with van der Waals surface area (Å²) >= 11 is 0. The molecule has 2 aromatic carbocycles. The molecule has 1 heterocycles. The van der Waals surface area contributed by atoms with E-state index in [0.29, 0.717) is 31.5 Å². The van der Waals surface area contributed by atoms with Gasteiger partial charge in [0.25, 0.3) is 0 Å². The summed E-state index contributed by atoms with van der Waals surface area (Å²) in [6, 6.07) is 17.1. The van der Waals surface area contributed by atoms with Gasteiger partial charge in [0.05, 0.1) is 0 Å². The quantitative estimate of drug-likeness (QED) is 0.776. The smallest absolute Gasteiger partial charge is 0.223 e. The number of benzene rings is 2. The summed E-state index contributed by atoms with van der Waals surface area (Å²) in [4.78, 5) is 16.6. The van der Waals surface area contributed by atoms with E-state index in [0.717, 1.165) is 26.2 Å². The molecule has 1 saturated heterocycles. The van der Waals surface area contributed by atoms with E-state index in [9.17, 15) is 9.18 Å². The highest BCUT2D eigenvalue weighted by Crippen LogP contribution is 2.15. The summed E-state index contributed by atoms with van der Waals surface area (Å²) in [6.45, 7) is 4.58. The van der Waals surface area contributed by atoms with Crippen LogP contribution in [0, 0.1) is 5.82 Å². The van der Waals surface area contributed by atoms with Crippen LogP contribution in [0.15, 0.2) is 54.6 Å². The van der Waals surface area contributed by atoms with Crippen LogP contribution in [0.5, 0.6) is 0 Å². The Bertz CT molecular complexity index is 699. The lowest BCUT2D eigenvalue weighted by Crippen LogP contribution is -2.49. The van der Waals surface area contributed by atoms with Gasteiger partial charge >= 0.3 is 0 Å². The predicted octanol–water partition coefficient (Wildman–Crippen LogP) is 2.70. The Labute approximate surface area is 154 Å². The number of carbonyl (C=O) groups is 1. The molecule has 26 heavy (non-hydrogen) atoms. The first-order chi connectivity index (χ1) is 12.7. The monoisotopic (exact) mass is 355 g/mol. The summed E-state index contributed by atoms with van der Waals surface area (Å²) in [5, 5.41) is 3.24. The van der Waals surface area contributed by atoms with Crippen molar-refractivity contribution in [3.05, 3.63) is 66.0 Å². The lowest BCUT2D eigenvalue weighted by atomic mass is 10.1. The van der Waals surface area contributed by atoms with Crippen molar-refractivity contribution in [1.29, 1.82) is 0 Å². The van der Waals surface area contributed by atoms with Crippen molar-refractivity contribution in [3.8, 4) is 0 Å². The van der Waals surface area contributed by atoms with E-state index in [1.165, 1.54) is 11.8 Å². The van der Waals surface area contributed by atoms with Crippen molar-refractivity contribution < 1.29 is 9.18 Å². The first-order valence-corrected chi connectivity index (χ1v) is 9.26. The number of hydrogen-bond acceptors (Lipinski definition) is 3. The first-order valence-electron chi connectivity index (χ1n) is 9.26. The zero-order chi connectivity index (χ0) is 18.2. The van der Waals surface area contributed by atoms with Crippen molar-refractivity contribution in [3.63, 3.8) is 0 Å². The average molecular weight is 355 g/mol. The molecule has 1 amide bonds. The van der Waals surface area contributed by atoms with Crippen LogP contribution >= 0.6 is 0 Å². The van der Waals surface area contributed by atoms with Crippen molar-refractivity contribution in [2.45, 2.75) is 12.8 Å². The molecule has 1 fully saturated rings. The normalized spacial score (nSPS) is 14.5. The fourth-order valence-corrected chi connectivity index (χ4v) is 3.26. The lowest BCUT2D eigenvalue weighted by Gasteiger charge is -2.36. The maximum atomic E-state index is 13.5. The van der Waals surface area contributed by atoms with Crippen molar-refractivity contribution in [1.82, 2.24) is 10.2 Å². The van der Waals surface area contributed by atoms with Crippen molar-refractivity contribution in [2.24, 2.45) is 0 Å². The van der Waals surface area contributed by atoms with E-state index >= 15 is 0 Å². The fraction of sp³-hybridized carbons (Fsp3) is 0.381. The fourth-order valence-electron chi connectivity index (χ4n) is 3.26. The zero-order valence-corrected chi connectivity index (χ0v) is 15.0. The highest BCUT2D eigenvalue weighted by atomic mass is 19.1. The van der Waals surface area contributed by atoms with Gasteiger partial charge in [0.1, 0.15) is 5.82 Å². The molecule has 0 aliphatic carbocycles. The summed E-state index contributed by atoms with van der Waals surface area (Å²) in [7, 11) is 0. The van der Waals surface area contributed by atoms with Gasteiger partial charge < -0.3 is 15.1 Å². The third-order valence-electron chi connectivity index (χ3n) is 4.80. The van der Waals surface area contributed by atoms with Crippen LogP contribution in [0.4, 0.5) is 10.1 Å². The molecule has 1 N–H and O–H groups in total. The van der Waals surface area contributed by atoms with Gasteiger partial charge in [-0.1, -0.05) is 36.4 Å². The molecule has 5 heteroatoms. The second-order valence-electron chi connectivity index (χ2n) is 6.54. The molecule has 0 radical (unpaired) electrons. The van der Waals surface area contributed by atoms with Crippen LogP contribution in [0.1, 0.15) is 12.0 Å². The summed E-state index contributed by atoms with van der Waals surface area (Å²) in [5.74, 6) is 0.0257. The second kappa shape index (κ2) is 9.34. The molecule has 138 valence electrons. The number of halogens is 1. The molecule has 0 atom stereocenters. The van der Waals surface area contributed by atoms with Crippen LogP contribution in [-0.2, 0) is 11.2 Å². The van der Waals surface area contributed by atoms with Crippen molar-refractivity contribution >= 4 is 11.6 Å². The Morgan fingerprint density at radius 1 is 0.923 bits per heavy atom. The number of nitrogens with one attached hydrogen (secondary N) is 1. The van der Waals surface area contributed by atoms with Crippen LogP contribution in [0.25, 0.3) is 0 Å². The number of rotatable bonds is 7. The highest BCUT2D eigenvalue weighted by Gasteiger charge is 2.20. The highest BCUT2D eigenvalue weighted by molar-refractivity contribution is 5.76. The molecule has 2 aromatic rings. The number of nitrogens with zero attached hydrogens (tertiary/aromatic N) is 2. The zero-order valence-electron chi connectivity index (χ0n) is 15.0. The van der Waals surface area contributed by atoms with Crippen LogP contribution in [-0.4, -0.2) is 50.1 Å². The lowest BCUT2D eigenvalue weighted by molar-refractivity contribution is -0.131. The third-order valence-corrected chi connectivity index (χ3v) is 4.80. The molecular weight excluding hydrogens is 329 g/mol. The molecule has 0 spiro atoms. The van der Waals surface area contributed by atoms with Gasteiger partial charge in [-0.3, -0.25) is 4.79 Å². The molecule has 1 aliphatic heterocycles. The minimum absolute atomic E-state index is 0.165. The Balaban J connectivity index is 1.33. The minimum Gasteiger partial charge on any atom is -0.368 e. The van der Waals surface area contributed by atoms with E-state index in [-0.39, 0.29) is 11.7 Å². The molecule has 0 saturated carbocycles. The molecule has 0 bridgehead atoms. The van der Waals surface area contributed by atoms with E-state index in [1.54, 1.807) is 12.1 Å². The Kier molecular flexibility index (Phi) is 6.61. The van der Waals surface area contributed by atoms with Crippen LogP contribution < -0.4 is 10.2 Å². The number of piperazine rings is 1. The third kappa shape index (κ3) is 5.05. The summed E-state index contributed by atoms with van der Waals surface area (Å²) < 4.78 is 13.5. The van der Waals surface area contributed by atoms with E-state index in [2.05, 4.69) is 22.3 Å². The van der Waals surface area contributed by atoms with E-state index in [4.69, 9.17) is 0 Å². The van der Waals surface area contributed by atoms with Gasteiger partial charge in [0, 0.05) is 44.8 Å². The predicted molar refractivity (Wildman–Crippen MR) is 103 cm³/mol. The maximum Gasteiger partial charge on any atom is 0.223 e. The summed E-state index contributed by atoms with van der Waals surface area (Å²) in [5.41, 5.74) is 1.93. The Morgan fingerprint density at radius 2 is 1.62 bits per heavy atom. The van der Waals surface area contributed by atoms with E-state index in [1.807, 2.05) is 29.2 Å². The van der Waals surface area contributed by atoms with Crippen molar-refractivity contribution in [2.75, 3.05) is 44.2 Å². The van der Waals surface area contributed by atoms with E-state index < -0.39 is 0 Å². The second-order valence-corrected chi connectivity index (χ2v) is 6.54. The molecule has 4 nitrogen and oxygen atoms in total. The molecule has 0 unspecified atom stereocenters. The standard InChI is InChI=1S/C21H26FN3O/c22-20-9-5-4-6-18(20)10-12-23-13-11-21(26)25-16-14-24(15-17-25)19-7-2-1-3-8-19/h1-9,23H,10-17H2. The number of carbonyl (C=O) groups excluding carboxylic acids is 1. The Hall–Kier alpha value is -2.40. The largest absolute Gasteiger partial charge is 0.368 e. The number of para-hydroxylation sites is 1. The van der Waals surface area contributed by atoms with Crippen LogP contribution in [0.2, 0.25) is 0 Å². The number of amides is 1. The Morgan fingerprint density at radius 3 is 2.35 bits per heavy atom. The van der Waals surface area contributed by atoms with Gasteiger partial charge in [-0.15, -0.1) is 0 Å². The van der Waals surface area contributed by atoms with Gasteiger partial charge in [0.2, 0.25) is 5.91 Å². The first kappa shape index (κ1) is 18.4. The molecule has 3 rings (SSSR count). The molecule has 0 aromatic heterocycles. The topological polar surface area (TPSA) is 35.6 Å². The van der Waals surface area contributed by atoms with Gasteiger partial charge in [-0.25, -0.2) is 4.39 Å². The SMILES string of the molecule is O=C(CCNCCc1ccccc1F)N1CCN(c2ccccc2)CC1. The van der Waals surface area contributed by atoms with Gasteiger partial charge in [0.15, 0.2) is 0 Å². The molecule has 1 aliphatic rings. The number of hydrogen-bond donors (Lipinski definition) is 1.